The van der Waals surface area contributed by atoms with Gasteiger partial charge in [0.1, 0.15) is 11.5 Å². The summed E-state index contributed by atoms with van der Waals surface area (Å²) in [5.41, 5.74) is 6.60. The Bertz CT molecular complexity index is 453. The van der Waals surface area contributed by atoms with Gasteiger partial charge >= 0.3 is 0 Å². The van der Waals surface area contributed by atoms with Crippen molar-refractivity contribution in [1.29, 1.82) is 0 Å². The Morgan fingerprint density at radius 2 is 2.00 bits per heavy atom. The fourth-order valence-electron chi connectivity index (χ4n) is 1.68. The van der Waals surface area contributed by atoms with Gasteiger partial charge in [0, 0.05) is 12.6 Å². The molecule has 0 aromatic heterocycles. The number of hydrogen-bond acceptors (Lipinski definition) is 4. The van der Waals surface area contributed by atoms with E-state index in [-0.39, 0.29) is 24.0 Å². The number of anilines is 1. The summed E-state index contributed by atoms with van der Waals surface area (Å²) in [6.07, 6.45) is 0.963. The van der Waals surface area contributed by atoms with Crippen LogP contribution in [-0.4, -0.2) is 52.3 Å². The summed E-state index contributed by atoms with van der Waals surface area (Å²) in [5.74, 6) is 1.79. The van der Waals surface area contributed by atoms with Gasteiger partial charge in [-0.05, 0) is 39.2 Å². The summed E-state index contributed by atoms with van der Waals surface area (Å²) in [6, 6.07) is 5.47. The smallest absolute Gasteiger partial charge is 0.193 e. The van der Waals surface area contributed by atoms with Crippen LogP contribution in [0.5, 0.6) is 11.5 Å². The van der Waals surface area contributed by atoms with Crippen LogP contribution in [0.15, 0.2) is 23.2 Å². The van der Waals surface area contributed by atoms with Crippen molar-refractivity contribution >= 4 is 35.6 Å². The second-order valence-corrected chi connectivity index (χ2v) is 4.62. The van der Waals surface area contributed by atoms with Crippen LogP contribution >= 0.6 is 24.0 Å². The molecule has 0 radical (unpaired) electrons. The third-order valence-corrected chi connectivity index (χ3v) is 2.71. The fraction of sp³-hybridized carbons (Fsp3) is 0.500. The number of nitrogens with one attached hydrogen (secondary N) is 1. The first kappa shape index (κ1) is 19.8. The average molecular weight is 408 g/mol. The lowest BCUT2D eigenvalue weighted by Gasteiger charge is -2.12. The zero-order valence-electron chi connectivity index (χ0n) is 13.0. The first-order valence-corrected chi connectivity index (χ1v) is 6.50. The molecule has 0 spiro atoms. The number of hydrogen-bond donors (Lipinski definition) is 2. The predicted octanol–water partition coefficient (Wildman–Crippen LogP) is 2.00. The fourth-order valence-corrected chi connectivity index (χ4v) is 1.68. The maximum absolute atomic E-state index is 5.87. The van der Waals surface area contributed by atoms with Crippen molar-refractivity contribution in [2.45, 2.75) is 6.42 Å². The first-order chi connectivity index (χ1) is 9.56. The van der Waals surface area contributed by atoms with E-state index in [4.69, 9.17) is 15.2 Å². The Kier molecular flexibility index (Phi) is 9.89. The van der Waals surface area contributed by atoms with Gasteiger partial charge in [-0.25, -0.2) is 0 Å². The molecular formula is C14H25IN4O2. The summed E-state index contributed by atoms with van der Waals surface area (Å²) >= 11 is 0. The summed E-state index contributed by atoms with van der Waals surface area (Å²) < 4.78 is 10.4. The normalized spacial score (nSPS) is 11.0. The van der Waals surface area contributed by atoms with Crippen molar-refractivity contribution in [2.75, 3.05) is 46.7 Å². The molecule has 1 aromatic carbocycles. The molecule has 0 unspecified atom stereocenters. The molecule has 0 aliphatic carbocycles. The van der Waals surface area contributed by atoms with Gasteiger partial charge in [-0.2, -0.15) is 0 Å². The second-order valence-electron chi connectivity index (χ2n) is 4.62. The van der Waals surface area contributed by atoms with Crippen LogP contribution in [0.1, 0.15) is 6.42 Å². The number of ether oxygens (including phenoxy) is 2. The van der Waals surface area contributed by atoms with E-state index in [9.17, 15) is 0 Å². The molecule has 0 saturated carbocycles. The number of benzene rings is 1. The topological polar surface area (TPSA) is 72.1 Å². The molecule has 0 amide bonds. The third kappa shape index (κ3) is 7.37. The van der Waals surface area contributed by atoms with Gasteiger partial charge in [-0.15, -0.1) is 24.0 Å². The van der Waals surface area contributed by atoms with Crippen molar-refractivity contribution in [3.05, 3.63) is 18.2 Å². The molecule has 7 heteroatoms. The molecule has 21 heavy (non-hydrogen) atoms. The molecule has 0 aliphatic rings. The number of guanidine groups is 1. The Morgan fingerprint density at radius 1 is 1.29 bits per heavy atom. The summed E-state index contributed by atoms with van der Waals surface area (Å²) in [6.45, 7) is 1.67. The largest absolute Gasteiger partial charge is 0.497 e. The van der Waals surface area contributed by atoms with Crippen LogP contribution in [-0.2, 0) is 0 Å². The molecule has 0 heterocycles. The highest BCUT2D eigenvalue weighted by atomic mass is 127. The minimum atomic E-state index is 0. The SMILES string of the molecule is COc1ccc(OC)c(NC(N)=NCCCN(C)C)c1.I. The van der Waals surface area contributed by atoms with Gasteiger partial charge in [0.05, 0.1) is 19.9 Å². The first-order valence-electron chi connectivity index (χ1n) is 6.50. The van der Waals surface area contributed by atoms with Gasteiger partial charge in [0.25, 0.3) is 0 Å². The Labute approximate surface area is 143 Å². The highest BCUT2D eigenvalue weighted by Crippen LogP contribution is 2.28. The second kappa shape index (κ2) is 10.5. The third-order valence-electron chi connectivity index (χ3n) is 2.71. The van der Waals surface area contributed by atoms with E-state index in [0.29, 0.717) is 18.3 Å². The Balaban J connectivity index is 0.00000400. The maximum atomic E-state index is 5.87. The average Bonchev–Trinajstić information content (AvgIpc) is 2.43. The highest BCUT2D eigenvalue weighted by Gasteiger charge is 2.05. The minimum Gasteiger partial charge on any atom is -0.497 e. The van der Waals surface area contributed by atoms with Crippen molar-refractivity contribution in [2.24, 2.45) is 10.7 Å². The van der Waals surface area contributed by atoms with Crippen molar-refractivity contribution in [1.82, 2.24) is 4.90 Å². The van der Waals surface area contributed by atoms with Gasteiger partial charge in [-0.1, -0.05) is 0 Å². The highest BCUT2D eigenvalue weighted by molar-refractivity contribution is 14.0. The van der Waals surface area contributed by atoms with Crippen LogP contribution in [0.25, 0.3) is 0 Å². The minimum absolute atomic E-state index is 0. The number of nitrogens with zero attached hydrogens (tertiary/aromatic N) is 2. The zero-order valence-corrected chi connectivity index (χ0v) is 15.4. The quantitative estimate of drug-likeness (QED) is 0.313. The summed E-state index contributed by atoms with van der Waals surface area (Å²) in [7, 11) is 7.29. The van der Waals surface area contributed by atoms with E-state index in [2.05, 4.69) is 15.2 Å². The zero-order chi connectivity index (χ0) is 15.0. The maximum Gasteiger partial charge on any atom is 0.193 e. The van der Waals surface area contributed by atoms with Crippen molar-refractivity contribution in [3.8, 4) is 11.5 Å². The van der Waals surface area contributed by atoms with E-state index in [1.54, 1.807) is 14.2 Å². The molecule has 120 valence electrons. The monoisotopic (exact) mass is 408 g/mol. The van der Waals surface area contributed by atoms with E-state index >= 15 is 0 Å². The van der Waals surface area contributed by atoms with E-state index in [1.807, 2.05) is 32.3 Å². The van der Waals surface area contributed by atoms with Gasteiger partial charge in [-0.3, -0.25) is 4.99 Å². The van der Waals surface area contributed by atoms with Crippen LogP contribution in [0.2, 0.25) is 0 Å². The number of nitrogens with two attached hydrogens (primary N) is 1. The molecule has 0 fully saturated rings. The molecule has 3 N–H and O–H groups in total. The van der Waals surface area contributed by atoms with Gasteiger partial charge < -0.3 is 25.4 Å². The van der Waals surface area contributed by atoms with Gasteiger partial charge in [0.2, 0.25) is 0 Å². The van der Waals surface area contributed by atoms with E-state index < -0.39 is 0 Å². The van der Waals surface area contributed by atoms with Crippen molar-refractivity contribution in [3.63, 3.8) is 0 Å². The van der Waals surface area contributed by atoms with E-state index in [1.165, 1.54) is 0 Å². The molecule has 6 nitrogen and oxygen atoms in total. The lowest BCUT2D eigenvalue weighted by Crippen LogP contribution is -2.23. The molecule has 0 atom stereocenters. The van der Waals surface area contributed by atoms with Crippen LogP contribution < -0.4 is 20.5 Å². The lowest BCUT2D eigenvalue weighted by atomic mass is 10.2. The number of methoxy groups -OCH3 is 2. The van der Waals surface area contributed by atoms with Crippen LogP contribution in [0.4, 0.5) is 5.69 Å². The molecular weight excluding hydrogens is 383 g/mol. The standard InChI is InChI=1S/C14H24N4O2.HI/c1-18(2)9-5-8-16-14(15)17-12-10-11(19-3)6-7-13(12)20-4;/h6-7,10H,5,8-9H2,1-4H3,(H3,15,16,17);1H. The molecule has 0 bridgehead atoms. The lowest BCUT2D eigenvalue weighted by molar-refractivity contribution is 0.403. The summed E-state index contributed by atoms with van der Waals surface area (Å²) in [4.78, 5) is 6.40. The molecule has 0 aliphatic heterocycles. The predicted molar refractivity (Wildman–Crippen MR) is 98.2 cm³/mol. The Hall–Kier alpha value is -1.22. The molecule has 1 rings (SSSR count). The Morgan fingerprint density at radius 3 is 2.57 bits per heavy atom. The van der Waals surface area contributed by atoms with Gasteiger partial charge in [0.15, 0.2) is 5.96 Å². The number of aliphatic imine (C=N–C) groups is 1. The molecule has 1 aromatic rings. The molecule has 0 saturated heterocycles. The van der Waals surface area contributed by atoms with Crippen molar-refractivity contribution < 1.29 is 9.47 Å². The number of rotatable bonds is 7. The number of halogens is 1. The van der Waals surface area contributed by atoms with E-state index in [0.717, 1.165) is 24.4 Å². The van der Waals surface area contributed by atoms with Crippen LogP contribution in [0.3, 0.4) is 0 Å². The van der Waals surface area contributed by atoms with Crippen LogP contribution in [0, 0.1) is 0 Å². The summed E-state index contributed by atoms with van der Waals surface area (Å²) in [5, 5.41) is 3.03.